The van der Waals surface area contributed by atoms with E-state index in [0.29, 0.717) is 5.95 Å². The second kappa shape index (κ2) is 4.35. The molecule has 0 radical (unpaired) electrons. The summed E-state index contributed by atoms with van der Waals surface area (Å²) in [6.45, 7) is 6.92. The molecule has 0 spiro atoms. The van der Waals surface area contributed by atoms with E-state index in [2.05, 4.69) is 35.3 Å². The topological polar surface area (TPSA) is 42.2 Å². The van der Waals surface area contributed by atoms with E-state index in [-0.39, 0.29) is 0 Å². The Bertz CT molecular complexity index is 521. The Morgan fingerprint density at radius 1 is 1.44 bits per heavy atom. The molecule has 4 heteroatoms. The van der Waals surface area contributed by atoms with Crippen LogP contribution in [0, 0.1) is 6.92 Å². The van der Waals surface area contributed by atoms with Crippen molar-refractivity contribution in [2.75, 3.05) is 11.9 Å². The number of fused-ring (bicyclic) bond motifs is 1. The van der Waals surface area contributed by atoms with E-state index in [0.717, 1.165) is 17.9 Å². The van der Waals surface area contributed by atoms with Gasteiger partial charge in [0, 0.05) is 12.2 Å². The lowest BCUT2D eigenvalue weighted by Crippen LogP contribution is -2.01. The first-order chi connectivity index (χ1) is 7.66. The standard InChI is InChI=1S/C12H16N4/c1-9(2)7-8-13-12-14-11-6-4-5-10(3)16(11)15-12/h4-7H,8H2,1-3H3,(H,13,15). The van der Waals surface area contributed by atoms with Gasteiger partial charge >= 0.3 is 0 Å². The van der Waals surface area contributed by atoms with E-state index in [1.54, 1.807) is 0 Å². The van der Waals surface area contributed by atoms with Gasteiger partial charge in [-0.25, -0.2) is 4.52 Å². The predicted octanol–water partition coefficient (Wildman–Crippen LogP) is 2.42. The minimum absolute atomic E-state index is 0.673. The van der Waals surface area contributed by atoms with Crippen LogP contribution in [0.15, 0.2) is 29.8 Å². The molecule has 0 amide bonds. The summed E-state index contributed by atoms with van der Waals surface area (Å²) in [4.78, 5) is 4.38. The van der Waals surface area contributed by atoms with Gasteiger partial charge < -0.3 is 5.32 Å². The summed E-state index contributed by atoms with van der Waals surface area (Å²) in [6, 6.07) is 5.95. The highest BCUT2D eigenvalue weighted by atomic mass is 15.3. The SMILES string of the molecule is CC(C)=CCNc1nc2cccc(C)n2n1. The van der Waals surface area contributed by atoms with Crippen LogP contribution in [0.4, 0.5) is 5.95 Å². The van der Waals surface area contributed by atoms with Crippen molar-refractivity contribution in [1.82, 2.24) is 14.6 Å². The monoisotopic (exact) mass is 216 g/mol. The third-order valence-corrected chi connectivity index (χ3v) is 2.32. The molecule has 0 aliphatic heterocycles. The third-order valence-electron chi connectivity index (χ3n) is 2.32. The van der Waals surface area contributed by atoms with E-state index in [4.69, 9.17) is 0 Å². The number of hydrogen-bond acceptors (Lipinski definition) is 3. The zero-order valence-corrected chi connectivity index (χ0v) is 9.86. The van der Waals surface area contributed by atoms with Gasteiger partial charge in [-0.15, -0.1) is 5.10 Å². The van der Waals surface area contributed by atoms with Crippen molar-refractivity contribution in [2.24, 2.45) is 0 Å². The molecule has 0 aliphatic carbocycles. The van der Waals surface area contributed by atoms with E-state index in [1.165, 1.54) is 5.57 Å². The number of aromatic nitrogens is 3. The first-order valence-corrected chi connectivity index (χ1v) is 5.36. The van der Waals surface area contributed by atoms with Crippen molar-refractivity contribution < 1.29 is 0 Å². The van der Waals surface area contributed by atoms with Crippen LogP contribution in [0.2, 0.25) is 0 Å². The molecule has 16 heavy (non-hydrogen) atoms. The van der Waals surface area contributed by atoms with Crippen molar-refractivity contribution in [2.45, 2.75) is 20.8 Å². The van der Waals surface area contributed by atoms with Gasteiger partial charge in [-0.1, -0.05) is 17.7 Å². The van der Waals surface area contributed by atoms with Gasteiger partial charge in [0.1, 0.15) is 0 Å². The van der Waals surface area contributed by atoms with Crippen LogP contribution >= 0.6 is 0 Å². The molecule has 0 unspecified atom stereocenters. The number of aryl methyl sites for hydroxylation is 1. The lowest BCUT2D eigenvalue weighted by molar-refractivity contribution is 0.914. The smallest absolute Gasteiger partial charge is 0.243 e. The molecule has 0 fully saturated rings. The average molecular weight is 216 g/mol. The number of rotatable bonds is 3. The summed E-state index contributed by atoms with van der Waals surface area (Å²) in [6.07, 6.45) is 2.11. The van der Waals surface area contributed by atoms with Crippen LogP contribution in [0.1, 0.15) is 19.5 Å². The Labute approximate surface area is 95.0 Å². The van der Waals surface area contributed by atoms with Gasteiger partial charge in [0.2, 0.25) is 5.95 Å². The maximum atomic E-state index is 4.38. The average Bonchev–Trinajstić information content (AvgIpc) is 2.61. The molecule has 1 N–H and O–H groups in total. The molecule has 0 saturated heterocycles. The summed E-state index contributed by atoms with van der Waals surface area (Å²) in [7, 11) is 0. The molecule has 4 nitrogen and oxygen atoms in total. The minimum atomic E-state index is 0.673. The van der Waals surface area contributed by atoms with E-state index >= 15 is 0 Å². The first kappa shape index (κ1) is 10.7. The lowest BCUT2D eigenvalue weighted by Gasteiger charge is -1.96. The Morgan fingerprint density at radius 3 is 2.94 bits per heavy atom. The molecule has 0 aliphatic rings. The summed E-state index contributed by atoms with van der Waals surface area (Å²) in [5.74, 6) is 0.673. The van der Waals surface area contributed by atoms with E-state index < -0.39 is 0 Å². The van der Waals surface area contributed by atoms with Crippen LogP contribution in [0.25, 0.3) is 5.65 Å². The molecule has 0 bridgehead atoms. The second-order valence-electron chi connectivity index (χ2n) is 4.03. The highest BCUT2D eigenvalue weighted by Gasteiger charge is 2.02. The normalized spacial score (nSPS) is 10.4. The van der Waals surface area contributed by atoms with Crippen LogP contribution in [-0.4, -0.2) is 21.1 Å². The van der Waals surface area contributed by atoms with Gasteiger partial charge in [-0.05, 0) is 32.9 Å². The van der Waals surface area contributed by atoms with Gasteiger partial charge in [0.15, 0.2) is 5.65 Å². The summed E-state index contributed by atoms with van der Waals surface area (Å²) < 4.78 is 1.84. The minimum Gasteiger partial charge on any atom is -0.349 e. The number of allylic oxidation sites excluding steroid dienone is 1. The van der Waals surface area contributed by atoms with Crippen molar-refractivity contribution >= 4 is 11.6 Å². The quantitative estimate of drug-likeness (QED) is 0.801. The third kappa shape index (κ3) is 2.21. The van der Waals surface area contributed by atoms with Crippen molar-refractivity contribution in [1.29, 1.82) is 0 Å². The zero-order chi connectivity index (χ0) is 11.5. The zero-order valence-electron chi connectivity index (χ0n) is 9.86. The molecular weight excluding hydrogens is 200 g/mol. The van der Waals surface area contributed by atoms with Crippen LogP contribution in [0.3, 0.4) is 0 Å². The van der Waals surface area contributed by atoms with Crippen LogP contribution in [0.5, 0.6) is 0 Å². The van der Waals surface area contributed by atoms with Gasteiger partial charge in [0.25, 0.3) is 0 Å². The Hall–Kier alpha value is -1.84. The van der Waals surface area contributed by atoms with E-state index in [9.17, 15) is 0 Å². The summed E-state index contributed by atoms with van der Waals surface area (Å²) in [5.41, 5.74) is 3.24. The second-order valence-corrected chi connectivity index (χ2v) is 4.03. The van der Waals surface area contributed by atoms with E-state index in [1.807, 2.05) is 29.6 Å². The molecule has 0 atom stereocenters. The number of nitrogens with zero attached hydrogens (tertiary/aromatic N) is 3. The number of anilines is 1. The number of pyridine rings is 1. The Morgan fingerprint density at radius 2 is 2.25 bits per heavy atom. The van der Waals surface area contributed by atoms with Gasteiger partial charge in [0.05, 0.1) is 0 Å². The Balaban J connectivity index is 2.20. The summed E-state index contributed by atoms with van der Waals surface area (Å²) >= 11 is 0. The molecular formula is C12H16N4. The molecule has 0 aromatic carbocycles. The van der Waals surface area contributed by atoms with Crippen LogP contribution in [-0.2, 0) is 0 Å². The molecule has 2 rings (SSSR count). The van der Waals surface area contributed by atoms with Gasteiger partial charge in [-0.3, -0.25) is 0 Å². The molecule has 0 saturated carbocycles. The number of hydrogen-bond donors (Lipinski definition) is 1. The van der Waals surface area contributed by atoms with Crippen molar-refractivity contribution in [3.05, 3.63) is 35.5 Å². The largest absolute Gasteiger partial charge is 0.349 e. The first-order valence-electron chi connectivity index (χ1n) is 5.36. The molecule has 84 valence electrons. The molecule has 2 aromatic heterocycles. The molecule has 2 aromatic rings. The number of nitrogens with one attached hydrogen (secondary N) is 1. The predicted molar refractivity (Wildman–Crippen MR) is 65.6 cm³/mol. The van der Waals surface area contributed by atoms with Crippen molar-refractivity contribution in [3.8, 4) is 0 Å². The lowest BCUT2D eigenvalue weighted by atomic mass is 10.3. The van der Waals surface area contributed by atoms with Gasteiger partial charge in [-0.2, -0.15) is 4.98 Å². The fourth-order valence-corrected chi connectivity index (χ4v) is 1.46. The maximum Gasteiger partial charge on any atom is 0.243 e. The fourth-order valence-electron chi connectivity index (χ4n) is 1.46. The fraction of sp³-hybridized carbons (Fsp3) is 0.333. The Kier molecular flexibility index (Phi) is 2.90. The summed E-state index contributed by atoms with van der Waals surface area (Å²) in [5, 5.41) is 7.55. The van der Waals surface area contributed by atoms with Crippen LogP contribution < -0.4 is 5.32 Å². The maximum absolute atomic E-state index is 4.38. The van der Waals surface area contributed by atoms with Crippen molar-refractivity contribution in [3.63, 3.8) is 0 Å². The molecule has 2 heterocycles. The highest BCUT2D eigenvalue weighted by Crippen LogP contribution is 2.07. The highest BCUT2D eigenvalue weighted by molar-refractivity contribution is 5.44.